The molecule has 0 unspecified atom stereocenters. The van der Waals surface area contributed by atoms with Crippen LogP contribution in [-0.2, 0) is 37.5 Å². The van der Waals surface area contributed by atoms with E-state index in [1.54, 1.807) is 0 Å². The van der Waals surface area contributed by atoms with Crippen LogP contribution in [-0.4, -0.2) is 11.1 Å². The molecule has 0 bridgehead atoms. The van der Waals surface area contributed by atoms with Crippen LogP contribution in [0.4, 0.5) is 0 Å². The molecule has 0 aliphatic heterocycles. The summed E-state index contributed by atoms with van der Waals surface area (Å²) in [5.41, 5.74) is 0. The Balaban J connectivity index is -0.000000174. The molecule has 16 heavy (non-hydrogen) atoms. The molecule has 0 atom stereocenters. The summed E-state index contributed by atoms with van der Waals surface area (Å²) in [5, 5.41) is 8.03. The number of carbonyl (C=O) groups is 1. The molecule has 0 spiro atoms. The Morgan fingerprint density at radius 2 is 1.62 bits per heavy atom. The van der Waals surface area contributed by atoms with Crippen molar-refractivity contribution in [2.45, 2.75) is 27.7 Å². The van der Waals surface area contributed by atoms with Crippen molar-refractivity contribution in [1.82, 2.24) is 0 Å². The van der Waals surface area contributed by atoms with Gasteiger partial charge in [-0.1, -0.05) is 27.7 Å². The van der Waals surface area contributed by atoms with Crippen molar-refractivity contribution in [3.8, 4) is 0 Å². The van der Waals surface area contributed by atoms with E-state index in [-0.39, 0.29) is 38.6 Å². The molecule has 1 aromatic rings. The molecule has 1 radical (unpaired) electrons. The molecular weight excluding hydrogens is 277 g/mol. The van der Waals surface area contributed by atoms with Gasteiger partial charge in [-0.3, -0.25) is 11.2 Å². The number of benzene rings is 1. The van der Waals surface area contributed by atoms with Gasteiger partial charge in [-0.25, -0.2) is 0 Å². The van der Waals surface area contributed by atoms with E-state index in [9.17, 15) is 4.79 Å². The average Bonchev–Trinajstić information content (AvgIpc) is 2.22. The zero-order chi connectivity index (χ0) is 12.1. The van der Waals surface area contributed by atoms with E-state index >= 15 is 0 Å². The molecule has 0 aliphatic rings. The standard InChI is InChI=1S/C6H5.C5H9O2.C2H6.Y/c1-2-4-6-5-3-1;1-4(2)3-5(6)7;1-2;/h1-5H;3-4H,1-2H3,(H,6,7);1-2H3;/q2*-1;;. The van der Waals surface area contributed by atoms with Crippen molar-refractivity contribution < 1.29 is 42.6 Å². The number of hydrogen-bond donors (Lipinski definition) is 1. The summed E-state index contributed by atoms with van der Waals surface area (Å²) in [6.45, 7) is 7.65. The fourth-order valence-corrected chi connectivity index (χ4v) is 0.627. The Hall–Kier alpha value is -0.336. The van der Waals surface area contributed by atoms with E-state index in [0.717, 1.165) is 0 Å². The van der Waals surface area contributed by atoms with Crippen LogP contribution >= 0.6 is 0 Å². The molecule has 1 aromatic carbocycles. The molecule has 89 valence electrons. The Morgan fingerprint density at radius 3 is 1.69 bits per heavy atom. The average molecular weight is 297 g/mol. The Labute approximate surface area is 124 Å². The first-order valence-electron chi connectivity index (χ1n) is 5.12. The second-order valence-electron chi connectivity index (χ2n) is 2.83. The molecule has 1 N–H and O–H groups in total. The minimum absolute atomic E-state index is 0. The van der Waals surface area contributed by atoms with E-state index in [1.165, 1.54) is 6.42 Å². The van der Waals surface area contributed by atoms with Crippen LogP contribution < -0.4 is 0 Å². The predicted molar refractivity (Wildman–Crippen MR) is 63.4 cm³/mol. The van der Waals surface area contributed by atoms with Crippen LogP contribution in [0.1, 0.15) is 27.7 Å². The van der Waals surface area contributed by atoms with E-state index in [4.69, 9.17) is 5.11 Å². The number of carboxylic acids is 1. The van der Waals surface area contributed by atoms with Crippen molar-refractivity contribution in [2.24, 2.45) is 5.92 Å². The van der Waals surface area contributed by atoms with Crippen molar-refractivity contribution in [2.75, 3.05) is 0 Å². The molecule has 3 heteroatoms. The molecule has 0 heterocycles. The third kappa shape index (κ3) is 23.5. The second-order valence-corrected chi connectivity index (χ2v) is 2.83. The van der Waals surface area contributed by atoms with Crippen LogP contribution in [0, 0.1) is 18.4 Å². The molecule has 0 aliphatic carbocycles. The van der Waals surface area contributed by atoms with E-state index in [1.807, 2.05) is 58.0 Å². The molecule has 0 aromatic heterocycles. The first kappa shape index (κ1) is 21.0. The number of rotatable bonds is 2. The number of aliphatic carboxylic acids is 1. The summed E-state index contributed by atoms with van der Waals surface area (Å²) in [6.07, 6.45) is 1.25. The van der Waals surface area contributed by atoms with Crippen LogP contribution in [0.25, 0.3) is 0 Å². The molecule has 1 rings (SSSR count). The summed E-state index contributed by atoms with van der Waals surface area (Å²) in [4.78, 5) is 9.75. The summed E-state index contributed by atoms with van der Waals surface area (Å²) < 4.78 is 0. The SMILES string of the molecule is CC.CC(C)[CH-]C(=O)O.[Y].[c-]1ccccc1. The smallest absolute Gasteiger partial charge is 0.164 e. The van der Waals surface area contributed by atoms with E-state index in [0.29, 0.717) is 0 Å². The third-order valence-electron chi connectivity index (χ3n) is 1.08. The monoisotopic (exact) mass is 297 g/mol. The van der Waals surface area contributed by atoms with E-state index in [2.05, 4.69) is 6.07 Å². The van der Waals surface area contributed by atoms with Crippen LogP contribution in [0.5, 0.6) is 0 Å². The maximum Gasteiger partial charge on any atom is 0.164 e. The summed E-state index contributed by atoms with van der Waals surface area (Å²) in [6, 6.07) is 12.5. The quantitative estimate of drug-likeness (QED) is 0.849. The maximum absolute atomic E-state index is 9.75. The topological polar surface area (TPSA) is 37.3 Å². The second kappa shape index (κ2) is 17.1. The fourth-order valence-electron chi connectivity index (χ4n) is 0.627. The van der Waals surface area contributed by atoms with Gasteiger partial charge in [0.25, 0.3) is 0 Å². The van der Waals surface area contributed by atoms with Gasteiger partial charge in [-0.2, -0.15) is 42.3 Å². The van der Waals surface area contributed by atoms with Gasteiger partial charge in [0.15, 0.2) is 5.97 Å². The molecule has 0 amide bonds. The zero-order valence-electron chi connectivity index (χ0n) is 10.5. The number of hydrogen-bond acceptors (Lipinski definition) is 1. The molecule has 0 fully saturated rings. The van der Waals surface area contributed by atoms with Gasteiger partial charge in [0.05, 0.1) is 0 Å². The van der Waals surface area contributed by atoms with Gasteiger partial charge >= 0.3 is 0 Å². The van der Waals surface area contributed by atoms with Crippen molar-refractivity contribution in [3.63, 3.8) is 0 Å². The maximum atomic E-state index is 9.75. The van der Waals surface area contributed by atoms with Crippen LogP contribution in [0.3, 0.4) is 0 Å². The largest absolute Gasteiger partial charge is 0.503 e. The fraction of sp³-hybridized carbons (Fsp3) is 0.385. The van der Waals surface area contributed by atoms with Crippen molar-refractivity contribution >= 4 is 5.97 Å². The summed E-state index contributed by atoms with van der Waals surface area (Å²) in [5.74, 6) is -0.688. The van der Waals surface area contributed by atoms with Gasteiger partial charge in [-0.15, -0.1) is 0 Å². The zero-order valence-corrected chi connectivity index (χ0v) is 13.3. The molecular formula is C13H20O2Y-2. The summed E-state index contributed by atoms with van der Waals surface area (Å²) >= 11 is 0. The minimum Gasteiger partial charge on any atom is -0.503 e. The molecule has 0 saturated heterocycles. The minimum atomic E-state index is -0.838. The van der Waals surface area contributed by atoms with E-state index < -0.39 is 5.97 Å². The third-order valence-corrected chi connectivity index (χ3v) is 1.08. The van der Waals surface area contributed by atoms with Gasteiger partial charge in [0.2, 0.25) is 0 Å². The molecule has 2 nitrogen and oxygen atoms in total. The van der Waals surface area contributed by atoms with Crippen LogP contribution in [0.2, 0.25) is 0 Å². The summed E-state index contributed by atoms with van der Waals surface area (Å²) in [7, 11) is 0. The number of carboxylic acid groups (broad SMARTS) is 1. The normalized spacial score (nSPS) is 7.31. The van der Waals surface area contributed by atoms with Crippen LogP contribution in [0.15, 0.2) is 30.3 Å². The first-order chi connectivity index (χ1) is 7.13. The Bertz CT molecular complexity index is 196. The van der Waals surface area contributed by atoms with Gasteiger partial charge in [-0.05, 0) is 0 Å². The van der Waals surface area contributed by atoms with Gasteiger partial charge < -0.3 is 5.11 Å². The van der Waals surface area contributed by atoms with Crippen molar-refractivity contribution in [3.05, 3.63) is 42.8 Å². The predicted octanol–water partition coefficient (Wildman–Crippen LogP) is 3.44. The molecule has 0 saturated carbocycles. The Morgan fingerprint density at radius 1 is 1.19 bits per heavy atom. The Kier molecular flexibility index (Phi) is 22.4. The first-order valence-corrected chi connectivity index (χ1v) is 5.12. The van der Waals surface area contributed by atoms with Crippen molar-refractivity contribution in [1.29, 1.82) is 0 Å². The van der Waals surface area contributed by atoms with Gasteiger partial charge in [0, 0.05) is 32.7 Å². The van der Waals surface area contributed by atoms with Gasteiger partial charge in [0.1, 0.15) is 0 Å².